The Kier molecular flexibility index (Phi) is 4.09. The zero-order valence-electron chi connectivity index (χ0n) is 2.90. The molecule has 0 saturated carbocycles. The van der Waals surface area contributed by atoms with Crippen molar-refractivity contribution in [3.63, 3.8) is 0 Å². The summed E-state index contributed by atoms with van der Waals surface area (Å²) in [5, 5.41) is 2.48. The van der Waals surface area contributed by atoms with E-state index in [1.165, 1.54) is 0 Å². The predicted octanol–water partition coefficient (Wildman–Crippen LogP) is 0.212. The van der Waals surface area contributed by atoms with E-state index in [1.54, 1.807) is 0 Å². The smallest absolute Gasteiger partial charge is 0.0304 e. The third-order valence-corrected chi connectivity index (χ3v) is 0.451. The predicted molar refractivity (Wildman–Crippen MR) is 26.3 cm³/mol. The third kappa shape index (κ3) is 4.05. The number of hydrogen-bond donors (Lipinski definition) is 1. The molecule has 5 heavy (non-hydrogen) atoms. The standard InChI is InChI=1S/C3H6NS/c4-2-1-3-5/h1-2,4H2. The minimum Gasteiger partial charge on any atom is -0.330 e. The van der Waals surface area contributed by atoms with Crippen LogP contribution in [0.3, 0.4) is 0 Å². The maximum atomic E-state index is 5.01. The number of thiocarbonyl (C=S) groups is 1. The summed E-state index contributed by atoms with van der Waals surface area (Å²) < 4.78 is 0. The molecule has 0 aliphatic carbocycles. The summed E-state index contributed by atoms with van der Waals surface area (Å²) in [6.07, 6.45) is 0.731. The molecule has 29 valence electrons. The van der Waals surface area contributed by atoms with E-state index in [2.05, 4.69) is 17.6 Å². The molecule has 0 amide bonds. The first-order chi connectivity index (χ1) is 2.41. The summed E-state index contributed by atoms with van der Waals surface area (Å²) in [5.74, 6) is 0. The first-order valence-corrected chi connectivity index (χ1v) is 1.87. The fourth-order valence-electron chi connectivity index (χ4n) is 0.0589. The molecule has 0 aliphatic rings. The van der Waals surface area contributed by atoms with Gasteiger partial charge in [-0.1, -0.05) is 12.2 Å². The molecular weight excluding hydrogens is 82.1 g/mol. The number of nitrogens with two attached hydrogens (primary N) is 1. The van der Waals surface area contributed by atoms with Gasteiger partial charge in [-0.25, -0.2) is 0 Å². The van der Waals surface area contributed by atoms with Gasteiger partial charge in [0.2, 0.25) is 0 Å². The fourth-order valence-corrected chi connectivity index (χ4v) is 0.177. The minimum atomic E-state index is 0.628. The van der Waals surface area contributed by atoms with Crippen molar-refractivity contribution < 1.29 is 0 Å². The molecule has 0 aliphatic heterocycles. The lowest BCUT2D eigenvalue weighted by Crippen LogP contribution is -1.96. The van der Waals surface area contributed by atoms with Crippen molar-refractivity contribution in [2.75, 3.05) is 6.54 Å². The van der Waals surface area contributed by atoms with Crippen LogP contribution in [0.4, 0.5) is 0 Å². The molecule has 0 unspecified atom stereocenters. The molecule has 0 fully saturated rings. The Hall–Kier alpha value is 0.0500. The van der Waals surface area contributed by atoms with Crippen molar-refractivity contribution >= 4 is 17.6 Å². The van der Waals surface area contributed by atoms with Gasteiger partial charge in [-0.15, -0.1) is 0 Å². The summed E-state index contributed by atoms with van der Waals surface area (Å²) in [4.78, 5) is 0. The molecule has 0 aromatic carbocycles. The molecule has 0 spiro atoms. The SMILES string of the molecule is NCC[C]=S. The van der Waals surface area contributed by atoms with Crippen molar-refractivity contribution in [1.82, 2.24) is 0 Å². The molecule has 0 saturated heterocycles. The zero-order chi connectivity index (χ0) is 4.12. The molecule has 2 N–H and O–H groups in total. The van der Waals surface area contributed by atoms with Crippen LogP contribution in [0, 0.1) is 0 Å². The Bertz CT molecular complexity index is 28.1. The molecule has 0 aromatic rings. The molecule has 0 rings (SSSR count). The van der Waals surface area contributed by atoms with Crippen LogP contribution in [0.5, 0.6) is 0 Å². The van der Waals surface area contributed by atoms with Gasteiger partial charge >= 0.3 is 0 Å². The lowest BCUT2D eigenvalue weighted by molar-refractivity contribution is 1.07. The lowest BCUT2D eigenvalue weighted by Gasteiger charge is -1.71. The van der Waals surface area contributed by atoms with Crippen molar-refractivity contribution in [2.45, 2.75) is 6.42 Å². The second-order valence-corrected chi connectivity index (χ2v) is 0.972. The third-order valence-electron chi connectivity index (χ3n) is 0.246. The average molecular weight is 88.2 g/mol. The molecule has 1 nitrogen and oxygen atoms in total. The van der Waals surface area contributed by atoms with Gasteiger partial charge in [-0.05, 0) is 13.0 Å². The Morgan fingerprint density at radius 3 is 2.40 bits per heavy atom. The van der Waals surface area contributed by atoms with Crippen LogP contribution in [0.25, 0.3) is 0 Å². The molecule has 0 aromatic heterocycles. The normalized spacial score (nSPS) is 7.40. The Labute approximate surface area is 37.2 Å². The van der Waals surface area contributed by atoms with Crippen molar-refractivity contribution in [1.29, 1.82) is 0 Å². The van der Waals surface area contributed by atoms with Gasteiger partial charge in [0, 0.05) is 5.37 Å². The quantitative estimate of drug-likeness (QED) is 0.488. The summed E-state index contributed by atoms with van der Waals surface area (Å²) >= 11 is 4.32. The molecule has 0 heterocycles. The summed E-state index contributed by atoms with van der Waals surface area (Å²) in [7, 11) is 0. The van der Waals surface area contributed by atoms with Gasteiger partial charge in [0.05, 0.1) is 0 Å². The highest BCUT2D eigenvalue weighted by atomic mass is 32.1. The largest absolute Gasteiger partial charge is 0.330 e. The van der Waals surface area contributed by atoms with Crippen LogP contribution in [-0.2, 0) is 0 Å². The van der Waals surface area contributed by atoms with E-state index in [0.717, 1.165) is 6.42 Å². The first kappa shape index (κ1) is 5.05. The fraction of sp³-hybridized carbons (Fsp3) is 0.667. The number of hydrogen-bond acceptors (Lipinski definition) is 2. The van der Waals surface area contributed by atoms with Gasteiger partial charge < -0.3 is 5.73 Å². The maximum absolute atomic E-state index is 5.01. The van der Waals surface area contributed by atoms with Gasteiger partial charge in [0.15, 0.2) is 0 Å². The highest BCUT2D eigenvalue weighted by molar-refractivity contribution is 7.78. The average Bonchev–Trinajstić information content (AvgIpc) is 1.41. The topological polar surface area (TPSA) is 26.0 Å². The van der Waals surface area contributed by atoms with Crippen LogP contribution in [0.15, 0.2) is 0 Å². The minimum absolute atomic E-state index is 0.628. The van der Waals surface area contributed by atoms with Gasteiger partial charge in [-0.3, -0.25) is 0 Å². The molecule has 2 heteroatoms. The van der Waals surface area contributed by atoms with Crippen molar-refractivity contribution in [2.24, 2.45) is 5.73 Å². The van der Waals surface area contributed by atoms with E-state index >= 15 is 0 Å². The van der Waals surface area contributed by atoms with Crippen LogP contribution >= 0.6 is 12.2 Å². The monoisotopic (exact) mass is 88.0 g/mol. The van der Waals surface area contributed by atoms with E-state index < -0.39 is 0 Å². The molecule has 0 bridgehead atoms. The molecule has 1 radical (unpaired) electrons. The van der Waals surface area contributed by atoms with E-state index in [-0.39, 0.29) is 0 Å². The highest BCUT2D eigenvalue weighted by Crippen LogP contribution is 1.60. The molecule has 0 atom stereocenters. The maximum Gasteiger partial charge on any atom is 0.0304 e. The second-order valence-electron chi connectivity index (χ2n) is 0.683. The Morgan fingerprint density at radius 1 is 1.80 bits per heavy atom. The van der Waals surface area contributed by atoms with E-state index in [4.69, 9.17) is 5.73 Å². The van der Waals surface area contributed by atoms with E-state index in [9.17, 15) is 0 Å². The van der Waals surface area contributed by atoms with Gasteiger partial charge in [0.25, 0.3) is 0 Å². The van der Waals surface area contributed by atoms with Crippen molar-refractivity contribution in [3.8, 4) is 0 Å². The Balaban J connectivity index is 2.40. The number of rotatable bonds is 2. The summed E-state index contributed by atoms with van der Waals surface area (Å²) in [5.41, 5.74) is 5.01. The van der Waals surface area contributed by atoms with Crippen LogP contribution in [0.2, 0.25) is 0 Å². The summed E-state index contributed by atoms with van der Waals surface area (Å²) in [6.45, 7) is 0.628. The summed E-state index contributed by atoms with van der Waals surface area (Å²) in [6, 6.07) is 0. The Morgan fingerprint density at radius 2 is 2.40 bits per heavy atom. The molecular formula is C3H6NS. The van der Waals surface area contributed by atoms with E-state index in [0.29, 0.717) is 6.54 Å². The van der Waals surface area contributed by atoms with Crippen LogP contribution < -0.4 is 5.73 Å². The lowest BCUT2D eigenvalue weighted by atomic mass is 10.5. The van der Waals surface area contributed by atoms with Crippen LogP contribution in [-0.4, -0.2) is 11.9 Å². The van der Waals surface area contributed by atoms with Crippen LogP contribution in [0.1, 0.15) is 6.42 Å². The van der Waals surface area contributed by atoms with Gasteiger partial charge in [-0.2, -0.15) is 0 Å². The van der Waals surface area contributed by atoms with Gasteiger partial charge in [0.1, 0.15) is 0 Å². The van der Waals surface area contributed by atoms with Crippen molar-refractivity contribution in [3.05, 3.63) is 0 Å². The highest BCUT2D eigenvalue weighted by Gasteiger charge is 1.64. The zero-order valence-corrected chi connectivity index (χ0v) is 3.72. The second kappa shape index (κ2) is 4.05. The van der Waals surface area contributed by atoms with E-state index in [1.807, 2.05) is 0 Å². The first-order valence-electron chi connectivity index (χ1n) is 1.47.